The van der Waals surface area contributed by atoms with Crippen LogP contribution in [-0.2, 0) is 0 Å². The molecule has 0 radical (unpaired) electrons. The Balaban J connectivity index is 1.85. The fraction of sp³-hybridized carbons (Fsp3) is 0. The highest BCUT2D eigenvalue weighted by atomic mass is 32.1. The number of carbonyl (C=O) groups excluding carboxylic acids is 1. The molecule has 0 amide bonds. The van der Waals surface area contributed by atoms with E-state index in [0.29, 0.717) is 5.56 Å². The van der Waals surface area contributed by atoms with Crippen LogP contribution in [0.4, 0.5) is 0 Å². The first-order valence-electron chi connectivity index (χ1n) is 6.11. The van der Waals surface area contributed by atoms with E-state index < -0.39 is 5.97 Å². The van der Waals surface area contributed by atoms with Gasteiger partial charge >= 0.3 is 5.97 Å². The first-order chi connectivity index (χ1) is 10.1. The van der Waals surface area contributed by atoms with Gasteiger partial charge in [0, 0.05) is 17.1 Å². The van der Waals surface area contributed by atoms with Gasteiger partial charge in [0.2, 0.25) is 0 Å². The molecule has 0 atom stereocenters. The number of carbonyl (C=O) groups is 2. The fourth-order valence-corrected chi connectivity index (χ4v) is 2.64. The third-order valence-corrected chi connectivity index (χ3v) is 3.86. The highest BCUT2D eigenvalue weighted by Gasteiger charge is 2.10. The smallest absolute Gasteiger partial charge is 0.345 e. The van der Waals surface area contributed by atoms with Gasteiger partial charge < -0.3 is 9.51 Å². The molecule has 1 N–H and O–H groups in total. The second-order valence-electron chi connectivity index (χ2n) is 4.31. The van der Waals surface area contributed by atoms with Crippen molar-refractivity contribution < 1.29 is 14.7 Å². The molecule has 0 aliphatic heterocycles. The van der Waals surface area contributed by atoms with E-state index >= 15 is 0 Å². The molecule has 0 spiro atoms. The molecule has 3 heterocycles. The van der Waals surface area contributed by atoms with E-state index in [1.54, 1.807) is 17.7 Å². The monoisotopic (exact) mass is 298 g/mol. The molecule has 0 saturated heterocycles. The molecule has 0 aliphatic carbocycles. The van der Waals surface area contributed by atoms with Gasteiger partial charge in [0.25, 0.3) is 0 Å². The molecule has 0 fully saturated rings. The normalized spacial score (nSPS) is 11.2. The first-order valence-corrected chi connectivity index (χ1v) is 6.99. The Morgan fingerprint density at radius 2 is 2.19 bits per heavy atom. The predicted molar refractivity (Wildman–Crippen MR) is 79.8 cm³/mol. The molecule has 6 heteroatoms. The number of thiophene rings is 1. The topological polar surface area (TPSA) is 71.7 Å². The number of fused-ring (bicyclic) bond motifs is 1. The van der Waals surface area contributed by atoms with Gasteiger partial charge in [-0.05, 0) is 30.4 Å². The molecular formula is C15H10N2O3S. The number of rotatable bonds is 4. The Hall–Kier alpha value is -2.73. The summed E-state index contributed by atoms with van der Waals surface area (Å²) in [7, 11) is 0. The van der Waals surface area contributed by atoms with Crippen LogP contribution in [-0.4, -0.2) is 26.2 Å². The van der Waals surface area contributed by atoms with Gasteiger partial charge in [0.05, 0.1) is 11.9 Å². The number of aromatic carboxylic acids is 1. The van der Waals surface area contributed by atoms with Crippen molar-refractivity contribution in [1.29, 1.82) is 0 Å². The van der Waals surface area contributed by atoms with Crippen molar-refractivity contribution in [1.82, 2.24) is 9.38 Å². The fourth-order valence-electron chi connectivity index (χ4n) is 1.91. The zero-order chi connectivity index (χ0) is 14.8. The molecule has 0 aliphatic rings. The van der Waals surface area contributed by atoms with E-state index in [0.717, 1.165) is 22.7 Å². The number of imidazole rings is 1. The van der Waals surface area contributed by atoms with E-state index in [9.17, 15) is 9.59 Å². The van der Waals surface area contributed by atoms with Crippen molar-refractivity contribution >= 4 is 34.8 Å². The number of allylic oxidation sites excluding steroid dienone is 1. The first kappa shape index (κ1) is 13.3. The van der Waals surface area contributed by atoms with E-state index in [-0.39, 0.29) is 10.7 Å². The van der Waals surface area contributed by atoms with E-state index in [2.05, 4.69) is 4.98 Å². The largest absolute Gasteiger partial charge is 0.477 e. The second-order valence-corrected chi connectivity index (χ2v) is 5.23. The minimum Gasteiger partial charge on any atom is -0.477 e. The summed E-state index contributed by atoms with van der Waals surface area (Å²) in [5.41, 5.74) is 1.96. The van der Waals surface area contributed by atoms with Gasteiger partial charge in [-0.15, -0.1) is 11.3 Å². The minimum atomic E-state index is -1.02. The summed E-state index contributed by atoms with van der Waals surface area (Å²) in [6, 6.07) is 7.02. The van der Waals surface area contributed by atoms with Crippen LogP contribution in [0.15, 0.2) is 48.1 Å². The highest BCUT2D eigenvalue weighted by molar-refractivity contribution is 7.12. The molecule has 104 valence electrons. The van der Waals surface area contributed by atoms with E-state index in [4.69, 9.17) is 5.11 Å². The van der Waals surface area contributed by atoms with Crippen LogP contribution < -0.4 is 0 Å². The van der Waals surface area contributed by atoms with E-state index in [1.807, 2.05) is 28.8 Å². The average molecular weight is 298 g/mol. The molecular weight excluding hydrogens is 288 g/mol. The molecule has 0 unspecified atom stereocenters. The quantitative estimate of drug-likeness (QED) is 0.593. The standard InChI is InChI=1S/C15H10N2O3S/c18-12(10-7-13(15(19)20)21-9-10)5-4-11-8-16-14-3-1-2-6-17(11)14/h1-9H,(H,19,20). The van der Waals surface area contributed by atoms with Gasteiger partial charge in [-0.2, -0.15) is 0 Å². The SMILES string of the molecule is O=C(C=Cc1cnc2ccccn12)c1csc(C(=O)O)c1. The van der Waals surface area contributed by atoms with E-state index in [1.165, 1.54) is 12.1 Å². The van der Waals surface area contributed by atoms with Crippen molar-refractivity contribution in [3.05, 3.63) is 64.2 Å². The third-order valence-electron chi connectivity index (χ3n) is 2.95. The number of aromatic nitrogens is 2. The molecule has 3 aromatic rings. The van der Waals surface area contributed by atoms with Crippen molar-refractivity contribution in [3.63, 3.8) is 0 Å². The van der Waals surface area contributed by atoms with Gasteiger partial charge in [-0.25, -0.2) is 9.78 Å². The number of nitrogens with zero attached hydrogens (tertiary/aromatic N) is 2. The van der Waals surface area contributed by atoms with Crippen molar-refractivity contribution in [3.8, 4) is 0 Å². The number of carboxylic acids is 1. The van der Waals surface area contributed by atoms with Crippen LogP contribution in [0, 0.1) is 0 Å². The van der Waals surface area contributed by atoms with Crippen LogP contribution in [0.5, 0.6) is 0 Å². The molecule has 3 rings (SSSR count). The van der Waals surface area contributed by atoms with Gasteiger partial charge in [0.15, 0.2) is 5.78 Å². The summed E-state index contributed by atoms with van der Waals surface area (Å²) in [6.07, 6.45) is 6.62. The number of carboxylic acid groups (broad SMARTS) is 1. The summed E-state index contributed by atoms with van der Waals surface area (Å²) >= 11 is 1.04. The number of pyridine rings is 1. The Morgan fingerprint density at radius 3 is 2.95 bits per heavy atom. The van der Waals surface area contributed by atoms with Crippen LogP contribution in [0.25, 0.3) is 11.7 Å². The van der Waals surface area contributed by atoms with Crippen LogP contribution in [0.3, 0.4) is 0 Å². The summed E-state index contributed by atoms with van der Waals surface area (Å²) in [6.45, 7) is 0. The zero-order valence-corrected chi connectivity index (χ0v) is 11.6. The van der Waals surface area contributed by atoms with Crippen LogP contribution >= 0.6 is 11.3 Å². The Bertz CT molecular complexity index is 861. The summed E-state index contributed by atoms with van der Waals surface area (Å²) in [4.78, 5) is 27.2. The Morgan fingerprint density at radius 1 is 1.33 bits per heavy atom. The Kier molecular flexibility index (Phi) is 3.37. The van der Waals surface area contributed by atoms with Gasteiger partial charge in [-0.1, -0.05) is 6.07 Å². The van der Waals surface area contributed by atoms with Crippen LogP contribution in [0.1, 0.15) is 25.7 Å². The van der Waals surface area contributed by atoms with Crippen molar-refractivity contribution in [2.45, 2.75) is 0 Å². The molecule has 0 bridgehead atoms. The third kappa shape index (κ3) is 2.61. The predicted octanol–water partition coefficient (Wildman–Crippen LogP) is 2.99. The maximum absolute atomic E-state index is 12.0. The van der Waals surface area contributed by atoms with Gasteiger partial charge in [-0.3, -0.25) is 4.79 Å². The second kappa shape index (κ2) is 5.34. The molecule has 0 aromatic carbocycles. The Labute approximate surface area is 123 Å². The van der Waals surface area contributed by atoms with Crippen molar-refractivity contribution in [2.75, 3.05) is 0 Å². The minimum absolute atomic E-state index is 0.154. The summed E-state index contributed by atoms with van der Waals surface area (Å²) in [5.74, 6) is -1.26. The van der Waals surface area contributed by atoms with Gasteiger partial charge in [0.1, 0.15) is 10.5 Å². The van der Waals surface area contributed by atoms with Crippen LogP contribution in [0.2, 0.25) is 0 Å². The number of hydrogen-bond donors (Lipinski definition) is 1. The van der Waals surface area contributed by atoms with Crippen molar-refractivity contribution in [2.24, 2.45) is 0 Å². The lowest BCUT2D eigenvalue weighted by Gasteiger charge is -1.94. The lowest BCUT2D eigenvalue weighted by atomic mass is 10.2. The lowest BCUT2D eigenvalue weighted by molar-refractivity contribution is 0.0702. The highest BCUT2D eigenvalue weighted by Crippen LogP contribution is 2.16. The molecule has 0 saturated carbocycles. The average Bonchev–Trinajstić information content (AvgIpc) is 3.12. The summed E-state index contributed by atoms with van der Waals surface area (Å²) < 4.78 is 1.86. The molecule has 21 heavy (non-hydrogen) atoms. The summed E-state index contributed by atoms with van der Waals surface area (Å²) in [5, 5.41) is 10.4. The maximum Gasteiger partial charge on any atom is 0.345 e. The number of ketones is 1. The number of hydrogen-bond acceptors (Lipinski definition) is 4. The lowest BCUT2D eigenvalue weighted by Crippen LogP contribution is -1.94. The zero-order valence-electron chi connectivity index (χ0n) is 10.8. The maximum atomic E-state index is 12.0. The molecule has 5 nitrogen and oxygen atoms in total. The molecule has 3 aromatic heterocycles.